The Hall–Kier alpha value is -4.39. The van der Waals surface area contributed by atoms with Gasteiger partial charge in [-0.05, 0) is 48.9 Å². The molecule has 0 radical (unpaired) electrons. The number of likely N-dealkylation sites (N-methyl/N-ethyl adjacent to an activating group) is 1. The van der Waals surface area contributed by atoms with Crippen LogP contribution in [0.15, 0.2) is 79.0 Å². The van der Waals surface area contributed by atoms with Gasteiger partial charge in [0, 0.05) is 72.7 Å². The first-order chi connectivity index (χ1) is 18.4. The Morgan fingerprint density at radius 3 is 2.26 bits per heavy atom. The van der Waals surface area contributed by atoms with Crippen molar-refractivity contribution in [3.05, 3.63) is 101 Å². The van der Waals surface area contributed by atoms with E-state index < -0.39 is 12.0 Å². The van der Waals surface area contributed by atoms with Crippen molar-refractivity contribution in [3.63, 3.8) is 0 Å². The van der Waals surface area contributed by atoms with Crippen molar-refractivity contribution < 1.29 is 14.4 Å². The molecule has 192 valence electrons. The average molecular weight is 507 g/mol. The molecule has 0 saturated carbocycles. The number of nitrogens with one attached hydrogen (secondary N) is 1. The van der Waals surface area contributed by atoms with Gasteiger partial charge in [-0.15, -0.1) is 0 Å². The fourth-order valence-electron chi connectivity index (χ4n) is 5.96. The van der Waals surface area contributed by atoms with Crippen LogP contribution in [0.5, 0.6) is 0 Å². The molecule has 2 aliphatic heterocycles. The maximum absolute atomic E-state index is 14.3. The third-order valence-electron chi connectivity index (χ3n) is 8.02. The van der Waals surface area contributed by atoms with E-state index in [-0.39, 0.29) is 17.6 Å². The number of H-pyrrole nitrogens is 1. The number of hydrogen-bond donors (Lipinski definition) is 1. The summed E-state index contributed by atoms with van der Waals surface area (Å²) >= 11 is 0. The van der Waals surface area contributed by atoms with E-state index >= 15 is 0 Å². The van der Waals surface area contributed by atoms with Crippen molar-refractivity contribution >= 4 is 34.2 Å². The number of piperazine rings is 1. The second-order valence-corrected chi connectivity index (χ2v) is 10.1. The standard InChI is InChI=1S/C31H30N4O3/c1-20(36)21-11-13-22(14-12-21)34-15-17-35(18-16-34)31(38)28-24-8-3-4-9-25(24)30(37)33(2)29(28)26-19-32-27-10-6-5-7-23(26)27/h3-14,19,28-29,32H,15-18H2,1-2H3. The van der Waals surface area contributed by atoms with Crippen molar-refractivity contribution in [1.29, 1.82) is 0 Å². The molecule has 6 rings (SSSR count). The van der Waals surface area contributed by atoms with Gasteiger partial charge in [0.2, 0.25) is 5.91 Å². The van der Waals surface area contributed by atoms with Gasteiger partial charge in [-0.1, -0.05) is 36.4 Å². The normalized spacial score (nSPS) is 19.5. The molecule has 1 fully saturated rings. The monoisotopic (exact) mass is 506 g/mol. The van der Waals surface area contributed by atoms with Crippen LogP contribution >= 0.6 is 0 Å². The maximum atomic E-state index is 14.3. The van der Waals surface area contributed by atoms with E-state index in [4.69, 9.17) is 0 Å². The predicted octanol–water partition coefficient (Wildman–Crippen LogP) is 4.63. The number of carbonyl (C=O) groups excluding carboxylic acids is 3. The number of amides is 2. The quantitative estimate of drug-likeness (QED) is 0.410. The summed E-state index contributed by atoms with van der Waals surface area (Å²) in [5, 5.41) is 1.02. The van der Waals surface area contributed by atoms with Crippen LogP contribution in [0.2, 0.25) is 0 Å². The van der Waals surface area contributed by atoms with Gasteiger partial charge in [0.15, 0.2) is 5.78 Å². The minimum atomic E-state index is -0.505. The molecule has 0 aliphatic carbocycles. The number of rotatable bonds is 4. The van der Waals surface area contributed by atoms with Crippen LogP contribution in [0, 0.1) is 0 Å². The molecule has 2 amide bonds. The second kappa shape index (κ2) is 9.49. The SMILES string of the molecule is CC(=O)c1ccc(N2CCN(C(=O)C3c4ccccc4C(=O)N(C)C3c3c[nH]c4ccccc34)CC2)cc1. The Balaban J connectivity index is 1.31. The number of para-hydroxylation sites is 1. The first kappa shape index (κ1) is 24.0. The molecule has 38 heavy (non-hydrogen) atoms. The summed E-state index contributed by atoms with van der Waals surface area (Å²) in [6.07, 6.45) is 1.94. The highest BCUT2D eigenvalue weighted by atomic mass is 16.2. The lowest BCUT2D eigenvalue weighted by Crippen LogP contribution is -2.53. The summed E-state index contributed by atoms with van der Waals surface area (Å²) in [5.41, 5.74) is 5.06. The molecule has 3 aromatic carbocycles. The number of hydrogen-bond acceptors (Lipinski definition) is 4. The van der Waals surface area contributed by atoms with E-state index in [2.05, 4.69) is 9.88 Å². The smallest absolute Gasteiger partial charge is 0.254 e. The highest BCUT2D eigenvalue weighted by Gasteiger charge is 2.45. The van der Waals surface area contributed by atoms with Crippen LogP contribution in [0.25, 0.3) is 10.9 Å². The highest BCUT2D eigenvalue weighted by molar-refractivity contribution is 6.02. The zero-order valence-electron chi connectivity index (χ0n) is 21.6. The molecule has 0 bridgehead atoms. The lowest BCUT2D eigenvalue weighted by molar-refractivity contribution is -0.134. The Morgan fingerprint density at radius 2 is 1.53 bits per heavy atom. The Kier molecular flexibility index (Phi) is 5.98. The zero-order chi connectivity index (χ0) is 26.4. The van der Waals surface area contributed by atoms with Crippen molar-refractivity contribution in [1.82, 2.24) is 14.8 Å². The Labute approximate surface area is 221 Å². The number of benzene rings is 3. The summed E-state index contributed by atoms with van der Waals surface area (Å²) in [5.74, 6) is -0.486. The Bertz CT molecular complexity index is 1530. The lowest BCUT2D eigenvalue weighted by atomic mass is 9.79. The van der Waals surface area contributed by atoms with Crippen molar-refractivity contribution in [2.24, 2.45) is 0 Å². The highest BCUT2D eigenvalue weighted by Crippen LogP contribution is 2.45. The van der Waals surface area contributed by atoms with E-state index in [1.165, 1.54) is 0 Å². The third kappa shape index (κ3) is 3.95. The van der Waals surface area contributed by atoms with E-state index in [9.17, 15) is 14.4 Å². The number of aromatic amines is 1. The van der Waals surface area contributed by atoms with Crippen molar-refractivity contribution in [2.45, 2.75) is 18.9 Å². The molecule has 1 aromatic heterocycles. The van der Waals surface area contributed by atoms with Crippen molar-refractivity contribution in [2.75, 3.05) is 38.1 Å². The number of aromatic nitrogens is 1. The Morgan fingerprint density at radius 1 is 0.842 bits per heavy atom. The first-order valence-corrected chi connectivity index (χ1v) is 13.0. The summed E-state index contributed by atoms with van der Waals surface area (Å²) in [7, 11) is 1.80. The summed E-state index contributed by atoms with van der Waals surface area (Å²) in [4.78, 5) is 48.6. The number of anilines is 1. The topological polar surface area (TPSA) is 76.7 Å². The van der Waals surface area contributed by atoms with Gasteiger partial charge in [-0.3, -0.25) is 14.4 Å². The molecule has 3 heterocycles. The number of fused-ring (bicyclic) bond motifs is 2. The van der Waals surface area contributed by atoms with Gasteiger partial charge in [0.25, 0.3) is 5.91 Å². The molecule has 2 unspecified atom stereocenters. The average Bonchev–Trinajstić information content (AvgIpc) is 3.38. The fourth-order valence-corrected chi connectivity index (χ4v) is 5.96. The van der Waals surface area contributed by atoms with Gasteiger partial charge >= 0.3 is 0 Å². The molecular formula is C31H30N4O3. The van der Waals surface area contributed by atoms with Crippen LogP contribution in [0.1, 0.15) is 50.7 Å². The van der Waals surface area contributed by atoms with Gasteiger partial charge < -0.3 is 19.7 Å². The van der Waals surface area contributed by atoms with Gasteiger partial charge in [0.05, 0.1) is 12.0 Å². The predicted molar refractivity (Wildman–Crippen MR) is 148 cm³/mol. The summed E-state index contributed by atoms with van der Waals surface area (Å²) in [6.45, 7) is 4.14. The number of Topliss-reactive ketones (excluding diaryl/α,β-unsaturated/α-hetero) is 1. The molecule has 7 nitrogen and oxygen atoms in total. The van der Waals surface area contributed by atoms with Crippen LogP contribution in [-0.2, 0) is 4.79 Å². The molecule has 1 saturated heterocycles. The second-order valence-electron chi connectivity index (χ2n) is 10.1. The first-order valence-electron chi connectivity index (χ1n) is 13.0. The molecule has 0 spiro atoms. The number of carbonyl (C=O) groups is 3. The maximum Gasteiger partial charge on any atom is 0.254 e. The van der Waals surface area contributed by atoms with Gasteiger partial charge in [-0.25, -0.2) is 0 Å². The molecule has 4 aromatic rings. The minimum Gasteiger partial charge on any atom is -0.368 e. The third-order valence-corrected chi connectivity index (χ3v) is 8.02. The van der Waals surface area contributed by atoms with Gasteiger partial charge in [0.1, 0.15) is 0 Å². The van der Waals surface area contributed by atoms with E-state index in [1.54, 1.807) is 18.9 Å². The van der Waals surface area contributed by atoms with Crippen LogP contribution < -0.4 is 4.90 Å². The lowest BCUT2D eigenvalue weighted by Gasteiger charge is -2.43. The molecule has 2 atom stereocenters. The van der Waals surface area contributed by atoms with E-state index in [0.717, 1.165) is 27.7 Å². The molecule has 2 aliphatic rings. The fraction of sp³-hybridized carbons (Fsp3) is 0.258. The zero-order valence-corrected chi connectivity index (χ0v) is 21.6. The molecular weight excluding hydrogens is 476 g/mol. The number of ketones is 1. The van der Waals surface area contributed by atoms with E-state index in [1.807, 2.05) is 83.9 Å². The largest absolute Gasteiger partial charge is 0.368 e. The van der Waals surface area contributed by atoms with Gasteiger partial charge in [-0.2, -0.15) is 0 Å². The summed E-state index contributed by atoms with van der Waals surface area (Å²) in [6, 6.07) is 22.8. The summed E-state index contributed by atoms with van der Waals surface area (Å²) < 4.78 is 0. The molecule has 1 N–H and O–H groups in total. The van der Waals surface area contributed by atoms with E-state index in [0.29, 0.717) is 37.3 Å². The molecule has 7 heteroatoms. The van der Waals surface area contributed by atoms with Crippen LogP contribution in [0.3, 0.4) is 0 Å². The van der Waals surface area contributed by atoms with Crippen molar-refractivity contribution in [3.8, 4) is 0 Å². The van der Waals surface area contributed by atoms with Crippen LogP contribution in [0.4, 0.5) is 5.69 Å². The minimum absolute atomic E-state index is 0.0404. The number of nitrogens with zero attached hydrogens (tertiary/aromatic N) is 3. The van der Waals surface area contributed by atoms with Crippen LogP contribution in [-0.4, -0.2) is 65.6 Å².